The zero-order chi connectivity index (χ0) is 24.3. The van der Waals surface area contributed by atoms with E-state index in [0.717, 1.165) is 63.5 Å². The highest BCUT2D eigenvalue weighted by atomic mass is 16.3. The molecule has 4 rings (SSSR count). The van der Waals surface area contributed by atoms with Gasteiger partial charge in [0.1, 0.15) is 5.82 Å². The summed E-state index contributed by atoms with van der Waals surface area (Å²) in [5.41, 5.74) is 11.5. The van der Waals surface area contributed by atoms with Crippen molar-refractivity contribution in [2.75, 3.05) is 44.2 Å². The van der Waals surface area contributed by atoms with Crippen LogP contribution in [0.1, 0.15) is 70.9 Å². The number of hydrogen-bond acceptors (Lipinski definition) is 5. The molecule has 5 nitrogen and oxygen atoms in total. The maximum atomic E-state index is 9.06. The molecule has 0 spiro atoms. The van der Waals surface area contributed by atoms with E-state index in [4.69, 9.17) is 15.8 Å². The molecule has 3 N–H and O–H groups in total. The highest BCUT2D eigenvalue weighted by Gasteiger charge is 2.37. The molecule has 1 aliphatic carbocycles. The number of nitrogens with two attached hydrogens (primary N) is 1. The van der Waals surface area contributed by atoms with Crippen molar-refractivity contribution in [3.63, 3.8) is 0 Å². The van der Waals surface area contributed by atoms with Crippen molar-refractivity contribution in [2.45, 2.75) is 76.7 Å². The molecule has 1 aromatic heterocycles. The Morgan fingerprint density at radius 3 is 2.35 bits per heavy atom. The lowest BCUT2D eigenvalue weighted by molar-refractivity contribution is 0.239. The number of hydrogen-bond donors (Lipinski definition) is 2. The highest BCUT2D eigenvalue weighted by Crippen LogP contribution is 2.46. The Bertz CT molecular complexity index is 962. The second-order valence-electron chi connectivity index (χ2n) is 11.7. The lowest BCUT2D eigenvalue weighted by atomic mass is 9.63. The number of anilines is 1. The SMILES string of the molecule is CC1(C)CCC(C)(C)c2cc(-c3cccc(N4CCN(CCCCC(N)CO)CC4)n3)ccc21. The molecule has 34 heavy (non-hydrogen) atoms. The topological polar surface area (TPSA) is 65.6 Å². The van der Waals surface area contributed by atoms with Crippen molar-refractivity contribution in [2.24, 2.45) is 5.73 Å². The summed E-state index contributed by atoms with van der Waals surface area (Å²) in [6.45, 7) is 14.9. The smallest absolute Gasteiger partial charge is 0.129 e. The molecular formula is C29H44N4O. The quantitative estimate of drug-likeness (QED) is 0.554. The number of rotatable bonds is 8. The van der Waals surface area contributed by atoms with Crippen molar-refractivity contribution in [1.29, 1.82) is 0 Å². The van der Waals surface area contributed by atoms with E-state index in [1.54, 1.807) is 0 Å². The van der Waals surface area contributed by atoms with E-state index in [1.165, 1.54) is 29.5 Å². The third-order valence-corrected chi connectivity index (χ3v) is 8.11. The monoisotopic (exact) mass is 464 g/mol. The summed E-state index contributed by atoms with van der Waals surface area (Å²) in [6, 6.07) is 13.4. The van der Waals surface area contributed by atoms with E-state index < -0.39 is 0 Å². The van der Waals surface area contributed by atoms with Gasteiger partial charge in [-0.05, 0) is 72.4 Å². The highest BCUT2D eigenvalue weighted by molar-refractivity contribution is 5.65. The maximum Gasteiger partial charge on any atom is 0.129 e. The minimum atomic E-state index is -0.0668. The average molecular weight is 465 g/mol. The Hall–Kier alpha value is -1.95. The van der Waals surface area contributed by atoms with Crippen LogP contribution in [0.5, 0.6) is 0 Å². The van der Waals surface area contributed by atoms with Crippen molar-refractivity contribution >= 4 is 5.82 Å². The molecule has 5 heteroatoms. The molecule has 1 saturated heterocycles. The molecule has 1 aromatic carbocycles. The Morgan fingerprint density at radius 1 is 0.941 bits per heavy atom. The predicted octanol–water partition coefficient (Wildman–Crippen LogP) is 4.71. The molecule has 2 aliphatic rings. The molecule has 1 unspecified atom stereocenters. The van der Waals surface area contributed by atoms with Gasteiger partial charge in [-0.25, -0.2) is 4.98 Å². The third-order valence-electron chi connectivity index (χ3n) is 8.11. The van der Waals surface area contributed by atoms with Crippen molar-refractivity contribution < 1.29 is 5.11 Å². The van der Waals surface area contributed by atoms with Gasteiger partial charge in [0.05, 0.1) is 12.3 Å². The van der Waals surface area contributed by atoms with Gasteiger partial charge in [-0.15, -0.1) is 0 Å². The second-order valence-corrected chi connectivity index (χ2v) is 11.7. The number of piperazine rings is 1. The summed E-state index contributed by atoms with van der Waals surface area (Å²) in [4.78, 5) is 10.1. The Labute approximate surface area is 206 Å². The first-order chi connectivity index (χ1) is 16.2. The fraction of sp³-hybridized carbons (Fsp3) is 0.621. The first-order valence-electron chi connectivity index (χ1n) is 13.2. The fourth-order valence-corrected chi connectivity index (χ4v) is 5.54. The number of nitrogens with zero attached hydrogens (tertiary/aromatic N) is 3. The number of aliphatic hydroxyl groups is 1. The van der Waals surface area contributed by atoms with Gasteiger partial charge in [-0.3, -0.25) is 4.90 Å². The molecule has 0 radical (unpaired) electrons. The summed E-state index contributed by atoms with van der Waals surface area (Å²) in [5, 5.41) is 9.06. The van der Waals surface area contributed by atoms with E-state index in [0.29, 0.717) is 0 Å². The Kier molecular flexibility index (Phi) is 7.66. The molecule has 1 aliphatic heterocycles. The van der Waals surface area contributed by atoms with Crippen molar-refractivity contribution in [1.82, 2.24) is 9.88 Å². The number of fused-ring (bicyclic) bond motifs is 1. The van der Waals surface area contributed by atoms with Crippen LogP contribution in [0.3, 0.4) is 0 Å². The number of benzene rings is 1. The van der Waals surface area contributed by atoms with Gasteiger partial charge in [0.25, 0.3) is 0 Å². The number of aromatic nitrogens is 1. The summed E-state index contributed by atoms with van der Waals surface area (Å²) in [6.07, 6.45) is 5.60. The third kappa shape index (κ3) is 5.64. The standard InChI is InChI=1S/C29H44N4O/c1-28(2)13-14-29(3,4)25-20-22(11-12-24(25)28)26-9-7-10-27(31-26)33-18-16-32(17-19-33)15-6-5-8-23(30)21-34/h7,9-12,20,23,34H,5-6,8,13-19,21,30H2,1-4H3. The van der Waals surface area contributed by atoms with Gasteiger partial charge in [-0.1, -0.05) is 52.3 Å². The van der Waals surface area contributed by atoms with Gasteiger partial charge < -0.3 is 15.7 Å². The van der Waals surface area contributed by atoms with E-state index in [-0.39, 0.29) is 23.5 Å². The van der Waals surface area contributed by atoms with Crippen LogP contribution in [-0.4, -0.2) is 60.4 Å². The zero-order valence-corrected chi connectivity index (χ0v) is 21.7. The summed E-state index contributed by atoms with van der Waals surface area (Å²) >= 11 is 0. The zero-order valence-electron chi connectivity index (χ0n) is 21.7. The first-order valence-corrected chi connectivity index (χ1v) is 13.2. The first kappa shape index (κ1) is 25.2. The van der Waals surface area contributed by atoms with Gasteiger partial charge in [0, 0.05) is 37.8 Å². The molecule has 1 atom stereocenters. The Morgan fingerprint density at radius 2 is 1.65 bits per heavy atom. The molecule has 1 fully saturated rings. The van der Waals surface area contributed by atoms with Crippen molar-refractivity contribution in [3.05, 3.63) is 47.5 Å². The summed E-state index contributed by atoms with van der Waals surface area (Å²) in [5.74, 6) is 1.09. The van der Waals surface area contributed by atoms with Crippen LogP contribution in [0.25, 0.3) is 11.3 Å². The maximum absolute atomic E-state index is 9.06. The molecule has 2 heterocycles. The Balaban J connectivity index is 1.41. The fourth-order valence-electron chi connectivity index (χ4n) is 5.54. The van der Waals surface area contributed by atoms with Crippen LogP contribution < -0.4 is 10.6 Å². The van der Waals surface area contributed by atoms with Crippen LogP contribution >= 0.6 is 0 Å². The van der Waals surface area contributed by atoms with Crippen LogP contribution in [-0.2, 0) is 10.8 Å². The molecule has 186 valence electrons. The molecule has 0 amide bonds. The minimum Gasteiger partial charge on any atom is -0.395 e. The molecular weight excluding hydrogens is 420 g/mol. The molecule has 2 aromatic rings. The van der Waals surface area contributed by atoms with Crippen LogP contribution in [0.2, 0.25) is 0 Å². The van der Waals surface area contributed by atoms with Gasteiger partial charge in [0.15, 0.2) is 0 Å². The van der Waals surface area contributed by atoms with Crippen LogP contribution in [0, 0.1) is 0 Å². The van der Waals surface area contributed by atoms with Crippen LogP contribution in [0.15, 0.2) is 36.4 Å². The van der Waals surface area contributed by atoms with E-state index in [9.17, 15) is 0 Å². The average Bonchev–Trinajstić information content (AvgIpc) is 2.85. The summed E-state index contributed by atoms with van der Waals surface area (Å²) in [7, 11) is 0. The lowest BCUT2D eigenvalue weighted by Gasteiger charge is -2.42. The largest absolute Gasteiger partial charge is 0.395 e. The minimum absolute atomic E-state index is 0.0668. The van der Waals surface area contributed by atoms with Crippen LogP contribution in [0.4, 0.5) is 5.82 Å². The second kappa shape index (κ2) is 10.3. The number of aliphatic hydroxyl groups excluding tert-OH is 1. The van der Waals surface area contributed by atoms with Gasteiger partial charge in [0.2, 0.25) is 0 Å². The predicted molar refractivity (Wildman–Crippen MR) is 143 cm³/mol. The van der Waals surface area contributed by atoms with Gasteiger partial charge >= 0.3 is 0 Å². The van der Waals surface area contributed by atoms with Crippen molar-refractivity contribution in [3.8, 4) is 11.3 Å². The lowest BCUT2D eigenvalue weighted by Crippen LogP contribution is -2.47. The summed E-state index contributed by atoms with van der Waals surface area (Å²) < 4.78 is 0. The number of unbranched alkanes of at least 4 members (excludes halogenated alkanes) is 1. The van der Waals surface area contributed by atoms with E-state index in [1.807, 2.05) is 0 Å². The molecule has 0 bridgehead atoms. The van der Waals surface area contributed by atoms with E-state index >= 15 is 0 Å². The van der Waals surface area contributed by atoms with E-state index in [2.05, 4.69) is 73.9 Å². The molecule has 0 saturated carbocycles. The normalized spacial score (nSPS) is 20.7. The van der Waals surface area contributed by atoms with Gasteiger partial charge in [-0.2, -0.15) is 0 Å². The number of pyridine rings is 1.